The number of methoxy groups -OCH3 is 2. The van der Waals surface area contributed by atoms with Crippen molar-refractivity contribution >= 4 is 23.3 Å². The van der Waals surface area contributed by atoms with Gasteiger partial charge in [-0.3, -0.25) is 9.36 Å². The lowest BCUT2D eigenvalue weighted by molar-refractivity contribution is 0.354. The van der Waals surface area contributed by atoms with E-state index >= 15 is 0 Å². The molecule has 0 saturated carbocycles. The van der Waals surface area contributed by atoms with Crippen molar-refractivity contribution in [3.63, 3.8) is 0 Å². The second-order valence-electron chi connectivity index (χ2n) is 7.29. The van der Waals surface area contributed by atoms with Gasteiger partial charge in [0.05, 0.1) is 14.2 Å². The third-order valence-corrected chi connectivity index (χ3v) is 5.84. The number of aromatic nitrogens is 3. The standard InChI is InChI=1S/C24H28N4O3S/c1-6-14-27-23(29)22(28(17(2)3)19-10-8-7-9-11-19)25-26-24(27)32-16-18-12-13-20(30-4)21(15-18)31-5/h6-13,15,17H,1,14,16H2,2-5H3. The molecule has 0 N–H and O–H groups in total. The first-order valence-electron chi connectivity index (χ1n) is 10.3. The quantitative estimate of drug-likeness (QED) is 0.327. The summed E-state index contributed by atoms with van der Waals surface area (Å²) in [5, 5.41) is 9.28. The monoisotopic (exact) mass is 452 g/mol. The lowest BCUT2D eigenvalue weighted by atomic mass is 10.2. The molecule has 3 aromatic rings. The summed E-state index contributed by atoms with van der Waals surface area (Å²) in [6.45, 7) is 8.19. The van der Waals surface area contributed by atoms with Gasteiger partial charge in [-0.15, -0.1) is 16.8 Å². The van der Waals surface area contributed by atoms with Gasteiger partial charge < -0.3 is 14.4 Å². The van der Waals surface area contributed by atoms with Gasteiger partial charge in [0.25, 0.3) is 5.56 Å². The molecule has 168 valence electrons. The molecule has 0 saturated heterocycles. The number of nitrogens with zero attached hydrogens (tertiary/aromatic N) is 4. The van der Waals surface area contributed by atoms with Crippen LogP contribution in [0.4, 0.5) is 11.5 Å². The molecule has 0 atom stereocenters. The molecule has 0 aliphatic carbocycles. The summed E-state index contributed by atoms with van der Waals surface area (Å²) < 4.78 is 12.3. The number of ether oxygens (including phenoxy) is 2. The Morgan fingerprint density at radius 2 is 1.81 bits per heavy atom. The Morgan fingerprint density at radius 3 is 2.44 bits per heavy atom. The van der Waals surface area contributed by atoms with Crippen LogP contribution in [0.2, 0.25) is 0 Å². The van der Waals surface area contributed by atoms with Gasteiger partial charge in [-0.1, -0.05) is 42.1 Å². The molecule has 3 rings (SSSR count). The van der Waals surface area contributed by atoms with Crippen molar-refractivity contribution in [3.05, 3.63) is 77.1 Å². The highest BCUT2D eigenvalue weighted by Crippen LogP contribution is 2.30. The predicted molar refractivity (Wildman–Crippen MR) is 129 cm³/mol. The maximum atomic E-state index is 13.4. The summed E-state index contributed by atoms with van der Waals surface area (Å²) in [5.74, 6) is 2.22. The van der Waals surface area contributed by atoms with E-state index in [1.54, 1.807) is 24.9 Å². The minimum absolute atomic E-state index is 0.0295. The van der Waals surface area contributed by atoms with Crippen molar-refractivity contribution in [2.75, 3.05) is 19.1 Å². The van der Waals surface area contributed by atoms with Crippen molar-refractivity contribution in [2.45, 2.75) is 37.3 Å². The Morgan fingerprint density at radius 1 is 1.09 bits per heavy atom. The zero-order valence-electron chi connectivity index (χ0n) is 18.8. The predicted octanol–water partition coefficient (Wildman–Crippen LogP) is 4.68. The minimum atomic E-state index is -0.202. The largest absolute Gasteiger partial charge is 0.493 e. The van der Waals surface area contributed by atoms with E-state index in [9.17, 15) is 4.79 Å². The van der Waals surface area contributed by atoms with Crippen LogP contribution in [0.25, 0.3) is 0 Å². The first-order chi connectivity index (χ1) is 15.5. The normalized spacial score (nSPS) is 10.8. The van der Waals surface area contributed by atoms with Crippen molar-refractivity contribution in [3.8, 4) is 11.5 Å². The smallest absolute Gasteiger partial charge is 0.298 e. The van der Waals surface area contributed by atoms with E-state index in [0.717, 1.165) is 11.3 Å². The van der Waals surface area contributed by atoms with Crippen LogP contribution in [0, 0.1) is 0 Å². The van der Waals surface area contributed by atoms with Crippen LogP contribution >= 0.6 is 11.8 Å². The van der Waals surface area contributed by atoms with Gasteiger partial charge in [-0.05, 0) is 43.7 Å². The van der Waals surface area contributed by atoms with Crippen LogP contribution in [0.1, 0.15) is 19.4 Å². The number of rotatable bonds is 10. The summed E-state index contributed by atoms with van der Waals surface area (Å²) in [7, 11) is 3.21. The van der Waals surface area contributed by atoms with Crippen molar-refractivity contribution in [1.29, 1.82) is 0 Å². The average Bonchev–Trinajstić information content (AvgIpc) is 2.81. The van der Waals surface area contributed by atoms with Crippen LogP contribution in [0.15, 0.2) is 71.1 Å². The van der Waals surface area contributed by atoms with Crippen LogP contribution in [0.5, 0.6) is 11.5 Å². The third-order valence-electron chi connectivity index (χ3n) is 4.80. The van der Waals surface area contributed by atoms with Crippen LogP contribution in [-0.4, -0.2) is 35.0 Å². The molecule has 0 amide bonds. The molecule has 1 aromatic heterocycles. The molecule has 0 bridgehead atoms. The van der Waals surface area contributed by atoms with Gasteiger partial charge in [0, 0.05) is 24.0 Å². The Balaban J connectivity index is 1.94. The molecule has 8 heteroatoms. The van der Waals surface area contributed by atoms with Crippen LogP contribution in [0.3, 0.4) is 0 Å². The van der Waals surface area contributed by atoms with Gasteiger partial charge in [0.1, 0.15) is 0 Å². The summed E-state index contributed by atoms with van der Waals surface area (Å²) in [4.78, 5) is 15.3. The van der Waals surface area contributed by atoms with Crippen molar-refractivity contribution in [1.82, 2.24) is 14.8 Å². The zero-order chi connectivity index (χ0) is 23.1. The van der Waals surface area contributed by atoms with Gasteiger partial charge in [-0.2, -0.15) is 0 Å². The van der Waals surface area contributed by atoms with Gasteiger partial charge in [-0.25, -0.2) is 0 Å². The molecule has 7 nitrogen and oxygen atoms in total. The summed E-state index contributed by atoms with van der Waals surface area (Å²) >= 11 is 1.44. The topological polar surface area (TPSA) is 69.5 Å². The second-order valence-corrected chi connectivity index (χ2v) is 8.23. The molecule has 32 heavy (non-hydrogen) atoms. The highest BCUT2D eigenvalue weighted by molar-refractivity contribution is 7.98. The van der Waals surface area contributed by atoms with E-state index in [-0.39, 0.29) is 11.6 Å². The Bertz CT molecular complexity index is 1120. The first-order valence-corrected chi connectivity index (χ1v) is 11.2. The molecule has 0 unspecified atom stereocenters. The molecular formula is C24H28N4O3S. The highest BCUT2D eigenvalue weighted by Gasteiger charge is 2.21. The lowest BCUT2D eigenvalue weighted by Gasteiger charge is -2.27. The number of hydrogen-bond acceptors (Lipinski definition) is 7. The fraction of sp³-hybridized carbons (Fsp3) is 0.292. The number of hydrogen-bond donors (Lipinski definition) is 0. The molecular weight excluding hydrogens is 424 g/mol. The fourth-order valence-corrected chi connectivity index (χ4v) is 4.20. The average molecular weight is 453 g/mol. The number of allylic oxidation sites excluding steroid dienone is 1. The van der Waals surface area contributed by atoms with Crippen molar-refractivity contribution < 1.29 is 9.47 Å². The van der Waals surface area contributed by atoms with E-state index < -0.39 is 0 Å². The molecule has 1 heterocycles. The zero-order valence-corrected chi connectivity index (χ0v) is 19.6. The highest BCUT2D eigenvalue weighted by atomic mass is 32.2. The molecule has 0 fully saturated rings. The molecule has 0 aliphatic rings. The lowest BCUT2D eigenvalue weighted by Crippen LogP contribution is -2.36. The number of benzene rings is 2. The van der Waals surface area contributed by atoms with E-state index in [0.29, 0.717) is 34.8 Å². The fourth-order valence-electron chi connectivity index (χ4n) is 3.31. The van der Waals surface area contributed by atoms with Crippen LogP contribution in [-0.2, 0) is 12.3 Å². The van der Waals surface area contributed by atoms with Gasteiger partial charge in [0.15, 0.2) is 16.7 Å². The maximum absolute atomic E-state index is 13.4. The number of para-hydroxylation sites is 1. The van der Waals surface area contributed by atoms with Crippen LogP contribution < -0.4 is 19.9 Å². The van der Waals surface area contributed by atoms with Gasteiger partial charge >= 0.3 is 0 Å². The summed E-state index contributed by atoms with van der Waals surface area (Å²) in [6, 6.07) is 15.5. The molecule has 2 aromatic carbocycles. The Kier molecular flexibility index (Phi) is 7.94. The second kappa shape index (κ2) is 10.9. The number of thioether (sulfide) groups is 1. The van der Waals surface area contributed by atoms with E-state index in [4.69, 9.17) is 9.47 Å². The Hall–Kier alpha value is -3.26. The maximum Gasteiger partial charge on any atom is 0.298 e. The van der Waals surface area contributed by atoms with Gasteiger partial charge in [0.2, 0.25) is 5.82 Å². The first kappa shape index (κ1) is 23.4. The molecule has 0 radical (unpaired) electrons. The van der Waals surface area contributed by atoms with E-state index in [1.807, 2.05) is 67.3 Å². The summed E-state index contributed by atoms with van der Waals surface area (Å²) in [6.07, 6.45) is 1.69. The van der Waals surface area contributed by atoms with E-state index in [2.05, 4.69) is 16.8 Å². The van der Waals surface area contributed by atoms with Crippen molar-refractivity contribution in [2.24, 2.45) is 0 Å². The third kappa shape index (κ3) is 5.13. The molecule has 0 spiro atoms. The van der Waals surface area contributed by atoms with E-state index in [1.165, 1.54) is 11.8 Å². The summed E-state index contributed by atoms with van der Waals surface area (Å²) in [5.41, 5.74) is 1.71. The minimum Gasteiger partial charge on any atom is -0.493 e. The number of anilines is 2. The SMILES string of the molecule is C=CCn1c(SCc2ccc(OC)c(OC)c2)nnc(N(c2ccccc2)C(C)C)c1=O. The Labute approximate surface area is 192 Å². The molecule has 0 aliphatic heterocycles.